The molecule has 0 fully saturated rings. The van der Waals surface area contributed by atoms with E-state index in [4.69, 9.17) is 4.74 Å². The van der Waals surface area contributed by atoms with Gasteiger partial charge in [-0.15, -0.1) is 0 Å². The summed E-state index contributed by atoms with van der Waals surface area (Å²) in [5.74, 6) is 0. The molecule has 0 aromatic carbocycles. The highest BCUT2D eigenvalue weighted by Crippen LogP contribution is 2.17. The molecule has 0 aromatic rings. The molecule has 0 N–H and O–H groups in total. The summed E-state index contributed by atoms with van der Waals surface area (Å²) in [6.45, 7) is 3.04. The van der Waals surface area contributed by atoms with Gasteiger partial charge in [-0.3, -0.25) is 0 Å². The van der Waals surface area contributed by atoms with E-state index >= 15 is 0 Å². The predicted molar refractivity (Wildman–Crippen MR) is 71.0 cm³/mol. The van der Waals surface area contributed by atoms with Crippen molar-refractivity contribution in [2.75, 3.05) is 19.9 Å². The van der Waals surface area contributed by atoms with Gasteiger partial charge in [-0.2, -0.15) is 0 Å². The number of alkyl halides is 3. The summed E-state index contributed by atoms with van der Waals surface area (Å²) in [5.41, 5.74) is 0.103. The fraction of sp³-hybridized carbons (Fsp3) is 1.00. The van der Waals surface area contributed by atoms with Crippen LogP contribution in [0.3, 0.4) is 0 Å². The molecule has 0 saturated carbocycles. The molecule has 4 heteroatoms. The van der Waals surface area contributed by atoms with Crippen LogP contribution in [0.4, 0.5) is 0 Å². The molecule has 0 heterocycles. The Morgan fingerprint density at radius 1 is 1.20 bits per heavy atom. The van der Waals surface area contributed by atoms with Crippen molar-refractivity contribution in [3.8, 4) is 0 Å². The van der Waals surface area contributed by atoms with E-state index in [0.717, 1.165) is 19.9 Å². The van der Waals surface area contributed by atoms with E-state index in [9.17, 15) is 0 Å². The normalized spacial score (nSPS) is 12.0. The minimum atomic E-state index is 0.103. The van der Waals surface area contributed by atoms with Crippen molar-refractivity contribution in [1.29, 1.82) is 0 Å². The summed E-state index contributed by atoms with van der Waals surface area (Å²) in [6.07, 6.45) is 0. The van der Waals surface area contributed by atoms with Crippen LogP contribution in [0, 0.1) is 0 Å². The van der Waals surface area contributed by atoms with Crippen molar-refractivity contribution >= 4 is 67.8 Å². The average Bonchev–Trinajstić information content (AvgIpc) is 2.00. The number of halogens is 3. The molecule has 0 spiro atoms. The fourth-order valence-corrected chi connectivity index (χ4v) is 2.63. The lowest BCUT2D eigenvalue weighted by Crippen LogP contribution is -2.33. The molecule has 0 unspecified atom stereocenters. The molecule has 10 heavy (non-hydrogen) atoms. The Morgan fingerprint density at radius 3 is 2.00 bits per heavy atom. The minimum Gasteiger partial charge on any atom is -0.373 e. The van der Waals surface area contributed by atoms with Crippen LogP contribution >= 0.6 is 67.8 Å². The largest absolute Gasteiger partial charge is 0.373 e. The van der Waals surface area contributed by atoms with E-state index in [1.54, 1.807) is 0 Å². The third-order valence-electron chi connectivity index (χ3n) is 1.09. The zero-order valence-electron chi connectivity index (χ0n) is 5.87. The maximum atomic E-state index is 5.65. The molecule has 0 atom stereocenters. The number of hydrogen-bond donors (Lipinski definition) is 0. The Balaban J connectivity index is 3.58. The van der Waals surface area contributed by atoms with Crippen LogP contribution in [0.5, 0.6) is 0 Å². The summed E-state index contributed by atoms with van der Waals surface area (Å²) in [7, 11) is 0. The van der Waals surface area contributed by atoms with Gasteiger partial charge in [0.05, 0.1) is 12.2 Å². The third kappa shape index (κ3) is 4.91. The van der Waals surface area contributed by atoms with E-state index in [2.05, 4.69) is 74.7 Å². The Morgan fingerprint density at radius 2 is 1.70 bits per heavy atom. The van der Waals surface area contributed by atoms with Crippen LogP contribution in [0.2, 0.25) is 0 Å². The second-order valence-electron chi connectivity index (χ2n) is 2.25. The first-order valence-electron chi connectivity index (χ1n) is 3.00. The summed E-state index contributed by atoms with van der Waals surface area (Å²) in [6, 6.07) is 0. The highest BCUT2D eigenvalue weighted by Gasteiger charge is 2.20. The number of rotatable bonds is 5. The SMILES string of the molecule is CC(CI)(CI)OCCI. The first kappa shape index (κ1) is 12.2. The Kier molecular flexibility index (Phi) is 8.07. The molecular formula is C6H11I3O. The van der Waals surface area contributed by atoms with Gasteiger partial charge in [-0.25, -0.2) is 0 Å². The molecule has 0 rings (SSSR count). The van der Waals surface area contributed by atoms with Crippen molar-refractivity contribution in [2.24, 2.45) is 0 Å². The molecule has 0 aromatic heterocycles. The van der Waals surface area contributed by atoms with Crippen molar-refractivity contribution in [2.45, 2.75) is 12.5 Å². The van der Waals surface area contributed by atoms with Crippen molar-refractivity contribution < 1.29 is 4.74 Å². The van der Waals surface area contributed by atoms with Gasteiger partial charge in [0.1, 0.15) is 0 Å². The van der Waals surface area contributed by atoms with Crippen molar-refractivity contribution in [3.63, 3.8) is 0 Å². The van der Waals surface area contributed by atoms with Gasteiger partial charge in [0.2, 0.25) is 0 Å². The van der Waals surface area contributed by atoms with E-state index in [1.807, 2.05) is 0 Å². The molecule has 1 nitrogen and oxygen atoms in total. The van der Waals surface area contributed by atoms with E-state index < -0.39 is 0 Å². The first-order valence-corrected chi connectivity index (χ1v) is 7.58. The highest BCUT2D eigenvalue weighted by molar-refractivity contribution is 14.1. The minimum absolute atomic E-state index is 0.103. The summed E-state index contributed by atoms with van der Waals surface area (Å²) in [4.78, 5) is 0. The van der Waals surface area contributed by atoms with Crippen LogP contribution in [0.25, 0.3) is 0 Å². The average molecular weight is 480 g/mol. The second-order valence-corrected chi connectivity index (χ2v) is 4.86. The van der Waals surface area contributed by atoms with Crippen LogP contribution < -0.4 is 0 Å². The maximum Gasteiger partial charge on any atom is 0.0832 e. The quantitative estimate of drug-likeness (QED) is 0.435. The molecule has 0 amide bonds. The molecule has 0 radical (unpaired) electrons. The Hall–Kier alpha value is 2.15. The standard InChI is InChI=1S/C6H11I3O/c1-6(4-8,5-9)10-3-2-7/h2-5H2,1H3. The summed E-state index contributed by atoms with van der Waals surface area (Å²) >= 11 is 7.08. The molecule has 62 valence electrons. The molecule has 0 aliphatic rings. The predicted octanol–water partition coefficient (Wildman–Crippen LogP) is 3.07. The van der Waals surface area contributed by atoms with Crippen molar-refractivity contribution in [1.82, 2.24) is 0 Å². The zero-order chi connectivity index (χ0) is 8.04. The number of hydrogen-bond acceptors (Lipinski definition) is 1. The van der Waals surface area contributed by atoms with Gasteiger partial charge in [-0.1, -0.05) is 67.8 Å². The van der Waals surface area contributed by atoms with Gasteiger partial charge in [0.15, 0.2) is 0 Å². The van der Waals surface area contributed by atoms with Gasteiger partial charge in [-0.05, 0) is 6.92 Å². The first-order chi connectivity index (χ1) is 4.68. The maximum absolute atomic E-state index is 5.65. The molecule has 0 saturated heterocycles. The van der Waals surface area contributed by atoms with E-state index in [1.165, 1.54) is 0 Å². The van der Waals surface area contributed by atoms with E-state index in [-0.39, 0.29) is 5.60 Å². The third-order valence-corrected chi connectivity index (χ3v) is 4.76. The van der Waals surface area contributed by atoms with Gasteiger partial charge in [0.25, 0.3) is 0 Å². The Labute approximate surface area is 103 Å². The summed E-state index contributed by atoms with van der Waals surface area (Å²) < 4.78 is 8.89. The number of ether oxygens (including phenoxy) is 1. The van der Waals surface area contributed by atoms with Crippen molar-refractivity contribution in [3.05, 3.63) is 0 Å². The van der Waals surface area contributed by atoms with Crippen LogP contribution in [0.1, 0.15) is 6.92 Å². The zero-order valence-corrected chi connectivity index (χ0v) is 12.3. The lowest BCUT2D eigenvalue weighted by atomic mass is 10.2. The fourth-order valence-electron chi connectivity index (χ4n) is 0.398. The molecule has 0 aliphatic heterocycles. The highest BCUT2D eigenvalue weighted by atomic mass is 127. The molecule has 0 aliphatic carbocycles. The van der Waals surface area contributed by atoms with Crippen LogP contribution in [0.15, 0.2) is 0 Å². The lowest BCUT2D eigenvalue weighted by Gasteiger charge is -2.24. The van der Waals surface area contributed by atoms with Gasteiger partial charge < -0.3 is 4.74 Å². The van der Waals surface area contributed by atoms with Gasteiger partial charge in [0, 0.05) is 13.3 Å². The smallest absolute Gasteiger partial charge is 0.0832 e. The topological polar surface area (TPSA) is 9.23 Å². The second kappa shape index (κ2) is 6.64. The monoisotopic (exact) mass is 480 g/mol. The molecule has 0 bridgehead atoms. The Bertz CT molecular complexity index is 83.1. The van der Waals surface area contributed by atoms with E-state index in [0.29, 0.717) is 0 Å². The lowest BCUT2D eigenvalue weighted by molar-refractivity contribution is 0.0203. The van der Waals surface area contributed by atoms with Crippen LogP contribution in [-0.2, 0) is 4.74 Å². The molecular weight excluding hydrogens is 469 g/mol. The summed E-state index contributed by atoms with van der Waals surface area (Å²) in [5, 5.41) is 0. The van der Waals surface area contributed by atoms with Crippen LogP contribution in [-0.4, -0.2) is 25.5 Å². The van der Waals surface area contributed by atoms with Gasteiger partial charge >= 0.3 is 0 Å².